The van der Waals surface area contributed by atoms with E-state index in [0.717, 1.165) is 41.3 Å². The lowest BCUT2D eigenvalue weighted by molar-refractivity contribution is -0.129. The summed E-state index contributed by atoms with van der Waals surface area (Å²) in [5.74, 6) is 1.55. The van der Waals surface area contributed by atoms with Gasteiger partial charge in [-0.2, -0.15) is 10.2 Å². The largest absolute Gasteiger partial charge is 0.338 e. The highest BCUT2D eigenvalue weighted by molar-refractivity contribution is 5.74. The zero-order valence-electron chi connectivity index (χ0n) is 15.1. The summed E-state index contributed by atoms with van der Waals surface area (Å²) in [5.41, 5.74) is 4.02. The van der Waals surface area contributed by atoms with Gasteiger partial charge in [0.2, 0.25) is 5.91 Å². The van der Waals surface area contributed by atoms with Crippen LogP contribution >= 0.6 is 0 Å². The molecule has 134 valence electrons. The first kappa shape index (κ1) is 16.3. The highest BCUT2D eigenvalue weighted by Gasteiger charge is 2.25. The van der Waals surface area contributed by atoms with Gasteiger partial charge in [-0.15, -0.1) is 0 Å². The number of carbonyl (C=O) groups excluding carboxylic acids is 1. The number of aryl methyl sites for hydroxylation is 2. The predicted molar refractivity (Wildman–Crippen MR) is 97.7 cm³/mol. The third-order valence-electron chi connectivity index (χ3n) is 4.68. The molecule has 1 amide bonds. The number of nitrogens with zero attached hydrogens (tertiary/aromatic N) is 6. The highest BCUT2D eigenvalue weighted by Crippen LogP contribution is 2.28. The molecule has 4 rings (SSSR count). The van der Waals surface area contributed by atoms with Gasteiger partial charge >= 0.3 is 0 Å². The fourth-order valence-corrected chi connectivity index (χ4v) is 3.30. The minimum absolute atomic E-state index is 0.0853. The molecule has 8 heteroatoms. The van der Waals surface area contributed by atoms with Gasteiger partial charge in [0, 0.05) is 57.0 Å². The topological polar surface area (TPSA) is 80.9 Å². The van der Waals surface area contributed by atoms with Crippen molar-refractivity contribution >= 4 is 17.5 Å². The van der Waals surface area contributed by atoms with Crippen molar-refractivity contribution in [3.05, 3.63) is 41.9 Å². The van der Waals surface area contributed by atoms with E-state index in [2.05, 4.69) is 20.5 Å². The summed E-state index contributed by atoms with van der Waals surface area (Å²) < 4.78 is 3.64. The predicted octanol–water partition coefficient (Wildman–Crippen LogP) is 1.86. The summed E-state index contributed by atoms with van der Waals surface area (Å²) in [5, 5.41) is 12.1. The summed E-state index contributed by atoms with van der Waals surface area (Å²) >= 11 is 0. The molecule has 0 radical (unpaired) electrons. The lowest BCUT2D eigenvalue weighted by Crippen LogP contribution is -2.34. The molecule has 1 aliphatic heterocycles. The molecule has 0 spiro atoms. The lowest BCUT2D eigenvalue weighted by Gasteiger charge is -2.26. The van der Waals surface area contributed by atoms with E-state index in [1.807, 2.05) is 48.1 Å². The Bertz CT molecular complexity index is 972. The van der Waals surface area contributed by atoms with E-state index in [0.29, 0.717) is 12.4 Å². The van der Waals surface area contributed by atoms with E-state index in [9.17, 15) is 4.79 Å². The molecule has 4 heterocycles. The Balaban J connectivity index is 1.63. The molecular weight excluding hydrogens is 330 g/mol. The van der Waals surface area contributed by atoms with Crippen LogP contribution in [0.15, 0.2) is 30.6 Å². The van der Waals surface area contributed by atoms with Gasteiger partial charge in [0.1, 0.15) is 5.82 Å². The molecule has 3 aromatic heterocycles. The van der Waals surface area contributed by atoms with E-state index < -0.39 is 0 Å². The Hall–Kier alpha value is -3.16. The lowest BCUT2D eigenvalue weighted by atomic mass is 10.1. The van der Waals surface area contributed by atoms with Crippen LogP contribution in [0.25, 0.3) is 11.3 Å². The molecule has 0 unspecified atom stereocenters. The van der Waals surface area contributed by atoms with Crippen molar-refractivity contribution in [1.82, 2.24) is 29.4 Å². The molecule has 8 nitrogen and oxygen atoms in total. The van der Waals surface area contributed by atoms with Crippen molar-refractivity contribution in [1.29, 1.82) is 0 Å². The molecular formula is C18H21N7O. The number of aromatic nitrogens is 5. The monoisotopic (exact) mass is 351 g/mol. The zero-order chi connectivity index (χ0) is 18.3. The van der Waals surface area contributed by atoms with Gasteiger partial charge < -0.3 is 10.2 Å². The Morgan fingerprint density at radius 1 is 1.27 bits per heavy atom. The van der Waals surface area contributed by atoms with Crippen molar-refractivity contribution in [2.45, 2.75) is 19.9 Å². The van der Waals surface area contributed by atoms with Gasteiger partial charge in [-0.05, 0) is 12.1 Å². The number of anilines is 2. The summed E-state index contributed by atoms with van der Waals surface area (Å²) in [4.78, 5) is 18.3. The molecule has 0 saturated heterocycles. The maximum Gasteiger partial charge on any atom is 0.219 e. The van der Waals surface area contributed by atoms with Gasteiger partial charge in [-0.25, -0.2) is 4.98 Å². The van der Waals surface area contributed by atoms with Crippen LogP contribution in [-0.2, 0) is 31.9 Å². The summed E-state index contributed by atoms with van der Waals surface area (Å²) in [6.07, 6.45) is 4.53. The normalized spacial score (nSPS) is 13.6. The average Bonchev–Trinajstić information content (AvgIpc) is 3.19. The average molecular weight is 351 g/mol. The quantitative estimate of drug-likeness (QED) is 0.779. The highest BCUT2D eigenvalue weighted by atomic mass is 16.2. The van der Waals surface area contributed by atoms with E-state index in [1.54, 1.807) is 17.8 Å². The Labute approximate surface area is 151 Å². The first-order chi connectivity index (χ1) is 12.5. The van der Waals surface area contributed by atoms with Crippen molar-refractivity contribution in [2.24, 2.45) is 14.1 Å². The van der Waals surface area contributed by atoms with Crippen molar-refractivity contribution in [2.75, 3.05) is 11.9 Å². The molecule has 0 atom stereocenters. The number of amides is 1. The Morgan fingerprint density at radius 2 is 2.12 bits per heavy atom. The van der Waals surface area contributed by atoms with Crippen molar-refractivity contribution in [3.63, 3.8) is 0 Å². The second-order valence-corrected chi connectivity index (χ2v) is 6.52. The summed E-state index contributed by atoms with van der Waals surface area (Å²) in [7, 11) is 3.82. The molecule has 1 N–H and O–H groups in total. The van der Waals surface area contributed by atoms with Gasteiger partial charge in [0.15, 0.2) is 5.82 Å². The molecule has 0 aliphatic carbocycles. The van der Waals surface area contributed by atoms with Crippen molar-refractivity contribution < 1.29 is 4.79 Å². The third-order valence-corrected chi connectivity index (χ3v) is 4.68. The Morgan fingerprint density at radius 3 is 2.85 bits per heavy atom. The number of rotatable bonds is 3. The van der Waals surface area contributed by atoms with Crippen LogP contribution in [0.4, 0.5) is 11.6 Å². The maximum absolute atomic E-state index is 11.7. The number of carbonyl (C=O) groups is 1. The van der Waals surface area contributed by atoms with Gasteiger partial charge in [0.25, 0.3) is 0 Å². The fraction of sp³-hybridized carbons (Fsp3) is 0.333. The first-order valence-electron chi connectivity index (χ1n) is 8.54. The smallest absolute Gasteiger partial charge is 0.219 e. The molecule has 0 bridgehead atoms. The number of hydrogen-bond donors (Lipinski definition) is 1. The molecule has 26 heavy (non-hydrogen) atoms. The number of pyridine rings is 1. The van der Waals surface area contributed by atoms with Gasteiger partial charge in [-0.3, -0.25) is 14.2 Å². The van der Waals surface area contributed by atoms with Crippen LogP contribution in [0.1, 0.15) is 18.2 Å². The zero-order valence-corrected chi connectivity index (χ0v) is 15.1. The number of hydrogen-bond acceptors (Lipinski definition) is 5. The second kappa shape index (κ2) is 6.29. The molecule has 3 aromatic rings. The Kier molecular flexibility index (Phi) is 3.95. The standard InChI is InChI=1S/C18H21N7O/c1-12(26)25-8-7-16-14(11-25)18(22-24(16)3)21-17-6-4-5-15(20-17)13-9-19-23(2)10-13/h4-6,9-10H,7-8,11H2,1-3H3,(H,20,21,22). The van der Waals surface area contributed by atoms with Crippen LogP contribution in [-0.4, -0.2) is 41.9 Å². The van der Waals surface area contributed by atoms with Crippen LogP contribution in [0.2, 0.25) is 0 Å². The van der Waals surface area contributed by atoms with E-state index in [1.165, 1.54) is 0 Å². The molecule has 0 saturated carbocycles. The van der Waals surface area contributed by atoms with Gasteiger partial charge in [-0.1, -0.05) is 6.07 Å². The van der Waals surface area contributed by atoms with Crippen LogP contribution in [0.5, 0.6) is 0 Å². The summed E-state index contributed by atoms with van der Waals surface area (Å²) in [6, 6.07) is 5.81. The third kappa shape index (κ3) is 2.94. The van der Waals surface area contributed by atoms with Crippen LogP contribution < -0.4 is 5.32 Å². The number of fused-ring (bicyclic) bond motifs is 1. The van der Waals surface area contributed by atoms with Crippen molar-refractivity contribution in [3.8, 4) is 11.3 Å². The van der Waals surface area contributed by atoms with Crippen LogP contribution in [0, 0.1) is 0 Å². The van der Waals surface area contributed by atoms with E-state index in [4.69, 9.17) is 0 Å². The minimum Gasteiger partial charge on any atom is -0.338 e. The minimum atomic E-state index is 0.0853. The second-order valence-electron chi connectivity index (χ2n) is 6.52. The van der Waals surface area contributed by atoms with Crippen LogP contribution in [0.3, 0.4) is 0 Å². The molecule has 0 fully saturated rings. The van der Waals surface area contributed by atoms with E-state index in [-0.39, 0.29) is 5.91 Å². The number of nitrogens with one attached hydrogen (secondary N) is 1. The fourth-order valence-electron chi connectivity index (χ4n) is 3.30. The molecule has 1 aliphatic rings. The SMILES string of the molecule is CC(=O)N1CCc2c(c(Nc3cccc(-c4cnn(C)c4)n3)nn2C)C1. The first-order valence-corrected chi connectivity index (χ1v) is 8.54. The maximum atomic E-state index is 11.7. The molecule has 0 aromatic carbocycles. The summed E-state index contributed by atoms with van der Waals surface area (Å²) in [6.45, 7) is 2.91. The van der Waals surface area contributed by atoms with E-state index >= 15 is 0 Å². The van der Waals surface area contributed by atoms with Gasteiger partial charge in [0.05, 0.1) is 18.4 Å².